The first-order valence-electron chi connectivity index (χ1n) is 6.20. The van der Waals surface area contributed by atoms with Crippen molar-refractivity contribution in [1.82, 2.24) is 5.32 Å². The summed E-state index contributed by atoms with van der Waals surface area (Å²) < 4.78 is 0. The third kappa shape index (κ3) is 4.97. The Morgan fingerprint density at radius 3 is 1.62 bits per heavy atom. The smallest absolute Gasteiger partial charge is 0.323 e. The molecule has 0 spiro atoms. The molecule has 3 heteroatoms. The second-order valence-electron chi connectivity index (χ2n) is 5.88. The standard InChI is InChI=1S/C13H27NO2/c1-9(2)7-13(12(15)16,8-10(3)4)14-11(5)6/h9-11,14H,7-8H2,1-6H3,(H,15,16). The Kier molecular flexibility index (Phi) is 6.01. The first kappa shape index (κ1) is 15.4. The molecule has 2 N–H and O–H groups in total. The Morgan fingerprint density at radius 2 is 1.44 bits per heavy atom. The highest BCUT2D eigenvalue weighted by molar-refractivity contribution is 5.78. The average molecular weight is 229 g/mol. The maximum atomic E-state index is 11.6. The summed E-state index contributed by atoms with van der Waals surface area (Å²) in [5, 5.41) is 12.8. The lowest BCUT2D eigenvalue weighted by molar-refractivity contribution is -0.147. The van der Waals surface area contributed by atoms with Gasteiger partial charge in [0.2, 0.25) is 0 Å². The number of nitrogens with one attached hydrogen (secondary N) is 1. The largest absolute Gasteiger partial charge is 0.480 e. The molecule has 0 rings (SSSR count). The van der Waals surface area contributed by atoms with Crippen LogP contribution in [0.25, 0.3) is 0 Å². The molecular weight excluding hydrogens is 202 g/mol. The molecular formula is C13H27NO2. The molecule has 0 unspecified atom stereocenters. The topological polar surface area (TPSA) is 49.3 Å². The summed E-state index contributed by atoms with van der Waals surface area (Å²) in [5.41, 5.74) is -0.767. The summed E-state index contributed by atoms with van der Waals surface area (Å²) >= 11 is 0. The van der Waals surface area contributed by atoms with Crippen molar-refractivity contribution in [1.29, 1.82) is 0 Å². The predicted molar refractivity (Wildman–Crippen MR) is 67.5 cm³/mol. The second kappa shape index (κ2) is 6.24. The summed E-state index contributed by atoms with van der Waals surface area (Å²) in [6.45, 7) is 12.3. The van der Waals surface area contributed by atoms with Gasteiger partial charge in [-0.05, 0) is 38.5 Å². The van der Waals surface area contributed by atoms with E-state index in [0.29, 0.717) is 24.7 Å². The maximum Gasteiger partial charge on any atom is 0.323 e. The molecule has 0 saturated carbocycles. The Labute approximate surface area is 99.6 Å². The Hall–Kier alpha value is -0.570. The van der Waals surface area contributed by atoms with Crippen LogP contribution >= 0.6 is 0 Å². The molecule has 0 saturated heterocycles. The number of carboxylic acids is 1. The Balaban J connectivity index is 4.96. The summed E-state index contributed by atoms with van der Waals surface area (Å²) in [5.74, 6) is 0.0331. The molecule has 16 heavy (non-hydrogen) atoms. The fourth-order valence-electron chi connectivity index (χ4n) is 2.38. The van der Waals surface area contributed by atoms with Crippen LogP contribution in [0, 0.1) is 11.8 Å². The van der Waals surface area contributed by atoms with Crippen LogP contribution in [0.5, 0.6) is 0 Å². The van der Waals surface area contributed by atoms with Gasteiger partial charge in [-0.2, -0.15) is 0 Å². The minimum atomic E-state index is -0.767. The van der Waals surface area contributed by atoms with E-state index in [0.717, 1.165) is 0 Å². The van der Waals surface area contributed by atoms with E-state index in [1.165, 1.54) is 0 Å². The van der Waals surface area contributed by atoms with Crippen LogP contribution in [-0.4, -0.2) is 22.7 Å². The van der Waals surface area contributed by atoms with E-state index in [1.54, 1.807) is 0 Å². The molecule has 96 valence electrons. The number of hydrogen-bond acceptors (Lipinski definition) is 2. The molecule has 3 nitrogen and oxygen atoms in total. The first-order chi connectivity index (χ1) is 7.19. The third-order valence-corrected chi connectivity index (χ3v) is 2.49. The molecule has 0 aromatic carbocycles. The monoisotopic (exact) mass is 229 g/mol. The fourth-order valence-corrected chi connectivity index (χ4v) is 2.38. The van der Waals surface area contributed by atoms with Gasteiger partial charge in [0.25, 0.3) is 0 Å². The van der Waals surface area contributed by atoms with E-state index in [2.05, 4.69) is 33.0 Å². The second-order valence-corrected chi connectivity index (χ2v) is 5.88. The summed E-state index contributed by atoms with van der Waals surface area (Å²) in [6.07, 6.45) is 1.36. The number of carbonyl (C=O) groups is 1. The normalized spacial score (nSPS) is 12.8. The molecule has 0 aliphatic rings. The van der Waals surface area contributed by atoms with Crippen molar-refractivity contribution in [3.05, 3.63) is 0 Å². The average Bonchev–Trinajstić information content (AvgIpc) is 1.98. The lowest BCUT2D eigenvalue weighted by atomic mass is 9.81. The van der Waals surface area contributed by atoms with Crippen LogP contribution < -0.4 is 5.32 Å². The van der Waals surface area contributed by atoms with Crippen LogP contribution in [0.2, 0.25) is 0 Å². The van der Waals surface area contributed by atoms with Gasteiger partial charge in [0.1, 0.15) is 5.54 Å². The van der Waals surface area contributed by atoms with Gasteiger partial charge in [0, 0.05) is 6.04 Å². The van der Waals surface area contributed by atoms with Gasteiger partial charge in [0.15, 0.2) is 0 Å². The molecule has 0 fully saturated rings. The molecule has 0 amide bonds. The quantitative estimate of drug-likeness (QED) is 0.705. The minimum Gasteiger partial charge on any atom is -0.480 e. The number of aliphatic carboxylic acids is 1. The van der Waals surface area contributed by atoms with Crippen LogP contribution in [0.15, 0.2) is 0 Å². The SMILES string of the molecule is CC(C)CC(CC(C)C)(NC(C)C)C(=O)O. The predicted octanol–water partition coefficient (Wildman–Crippen LogP) is 2.90. The molecule has 0 aliphatic heterocycles. The molecule has 0 aromatic heterocycles. The van der Waals surface area contributed by atoms with Crippen molar-refractivity contribution in [2.45, 2.75) is 66.0 Å². The summed E-state index contributed by atoms with van der Waals surface area (Å²) in [6, 6.07) is 0.189. The van der Waals surface area contributed by atoms with Crippen molar-refractivity contribution in [3.8, 4) is 0 Å². The molecule has 0 radical (unpaired) electrons. The highest BCUT2D eigenvalue weighted by Gasteiger charge is 2.39. The van der Waals surface area contributed by atoms with Gasteiger partial charge in [-0.3, -0.25) is 10.1 Å². The van der Waals surface area contributed by atoms with Gasteiger partial charge >= 0.3 is 5.97 Å². The molecule has 0 bridgehead atoms. The zero-order chi connectivity index (χ0) is 12.9. The Bertz CT molecular complexity index is 195. The highest BCUT2D eigenvalue weighted by Crippen LogP contribution is 2.26. The van der Waals surface area contributed by atoms with Crippen molar-refractivity contribution < 1.29 is 9.90 Å². The van der Waals surface area contributed by atoms with Gasteiger partial charge in [-0.15, -0.1) is 0 Å². The van der Waals surface area contributed by atoms with E-state index < -0.39 is 11.5 Å². The molecule has 0 heterocycles. The van der Waals surface area contributed by atoms with Gasteiger partial charge in [-0.1, -0.05) is 27.7 Å². The summed E-state index contributed by atoms with van der Waals surface area (Å²) in [7, 11) is 0. The fraction of sp³-hybridized carbons (Fsp3) is 0.923. The van der Waals surface area contributed by atoms with Gasteiger partial charge < -0.3 is 5.11 Å². The Morgan fingerprint density at radius 1 is 1.06 bits per heavy atom. The van der Waals surface area contributed by atoms with E-state index in [4.69, 9.17) is 0 Å². The van der Waals surface area contributed by atoms with Crippen molar-refractivity contribution in [3.63, 3.8) is 0 Å². The van der Waals surface area contributed by atoms with E-state index in [9.17, 15) is 9.90 Å². The molecule has 0 aromatic rings. The van der Waals surface area contributed by atoms with E-state index in [1.807, 2.05) is 13.8 Å². The van der Waals surface area contributed by atoms with Crippen molar-refractivity contribution in [2.75, 3.05) is 0 Å². The first-order valence-corrected chi connectivity index (χ1v) is 6.20. The highest BCUT2D eigenvalue weighted by atomic mass is 16.4. The van der Waals surface area contributed by atoms with Crippen molar-refractivity contribution >= 4 is 5.97 Å². The number of rotatable bonds is 7. The van der Waals surface area contributed by atoms with Crippen LogP contribution in [0.4, 0.5) is 0 Å². The van der Waals surface area contributed by atoms with Crippen molar-refractivity contribution in [2.24, 2.45) is 11.8 Å². The van der Waals surface area contributed by atoms with Gasteiger partial charge in [-0.25, -0.2) is 0 Å². The zero-order valence-corrected chi connectivity index (χ0v) is 11.5. The van der Waals surface area contributed by atoms with Crippen LogP contribution in [-0.2, 0) is 4.79 Å². The third-order valence-electron chi connectivity index (χ3n) is 2.49. The summed E-state index contributed by atoms with van der Waals surface area (Å²) in [4.78, 5) is 11.6. The van der Waals surface area contributed by atoms with E-state index >= 15 is 0 Å². The number of carboxylic acid groups (broad SMARTS) is 1. The van der Waals surface area contributed by atoms with Crippen LogP contribution in [0.1, 0.15) is 54.4 Å². The van der Waals surface area contributed by atoms with Crippen LogP contribution in [0.3, 0.4) is 0 Å². The molecule has 0 atom stereocenters. The van der Waals surface area contributed by atoms with E-state index in [-0.39, 0.29) is 6.04 Å². The lowest BCUT2D eigenvalue weighted by Crippen LogP contribution is -2.56. The zero-order valence-electron chi connectivity index (χ0n) is 11.5. The lowest BCUT2D eigenvalue weighted by Gasteiger charge is -2.35. The maximum absolute atomic E-state index is 11.6. The molecule has 0 aliphatic carbocycles. The number of hydrogen-bond donors (Lipinski definition) is 2. The van der Waals surface area contributed by atoms with Gasteiger partial charge in [0.05, 0.1) is 0 Å². The minimum absolute atomic E-state index is 0.189.